The van der Waals surface area contributed by atoms with Crippen LogP contribution in [0.4, 0.5) is 0 Å². The van der Waals surface area contributed by atoms with Gasteiger partial charge < -0.3 is 4.57 Å². The molecule has 3 fully saturated rings. The predicted molar refractivity (Wildman–Crippen MR) is 131 cm³/mol. The maximum Gasteiger partial charge on any atom is 0.0336 e. The molecule has 0 bridgehead atoms. The second kappa shape index (κ2) is 12.4. The number of aromatic nitrogens is 1. The van der Waals surface area contributed by atoms with Gasteiger partial charge in [-0.05, 0) is 62.5 Å². The van der Waals surface area contributed by atoms with Gasteiger partial charge in [0.15, 0.2) is 0 Å². The standard InChI is InChI=1S/C29H49N/c1-2-6-12-18-25(17-11-5-1)28-23-24-29(26-19-13-7-3-8-14-20-26)30(28)27-21-15-9-4-10-16-22-27/h23-27H,1-22H2. The zero-order chi connectivity index (χ0) is 20.4. The molecule has 0 radical (unpaired) electrons. The van der Waals surface area contributed by atoms with Crippen molar-refractivity contribution in [2.24, 2.45) is 0 Å². The van der Waals surface area contributed by atoms with E-state index in [2.05, 4.69) is 16.7 Å². The molecule has 0 unspecified atom stereocenters. The van der Waals surface area contributed by atoms with Crippen LogP contribution in [-0.4, -0.2) is 4.57 Å². The molecule has 0 atom stereocenters. The van der Waals surface area contributed by atoms with Gasteiger partial charge in [0.25, 0.3) is 0 Å². The number of hydrogen-bond donors (Lipinski definition) is 0. The van der Waals surface area contributed by atoms with Gasteiger partial charge in [0, 0.05) is 17.4 Å². The molecule has 30 heavy (non-hydrogen) atoms. The summed E-state index contributed by atoms with van der Waals surface area (Å²) in [6, 6.07) is 6.03. The second-order valence-corrected chi connectivity index (χ2v) is 11.0. The van der Waals surface area contributed by atoms with Crippen LogP contribution in [0.15, 0.2) is 12.1 Å². The van der Waals surface area contributed by atoms with E-state index >= 15 is 0 Å². The molecule has 3 saturated carbocycles. The van der Waals surface area contributed by atoms with Gasteiger partial charge in [-0.1, -0.05) is 103 Å². The fraction of sp³-hybridized carbons (Fsp3) is 0.862. The molecule has 0 aliphatic heterocycles. The third kappa shape index (κ3) is 6.17. The van der Waals surface area contributed by atoms with Crippen LogP contribution in [0, 0.1) is 0 Å². The van der Waals surface area contributed by atoms with Crippen LogP contribution in [0.2, 0.25) is 0 Å². The van der Waals surface area contributed by atoms with Gasteiger partial charge in [-0.3, -0.25) is 0 Å². The Balaban J connectivity index is 1.62. The molecule has 1 nitrogen and oxygen atoms in total. The van der Waals surface area contributed by atoms with E-state index in [-0.39, 0.29) is 0 Å². The molecule has 170 valence electrons. The Bertz CT molecular complexity index is 574. The zero-order valence-corrected chi connectivity index (χ0v) is 19.9. The largest absolute Gasteiger partial charge is 0.345 e. The summed E-state index contributed by atoms with van der Waals surface area (Å²) in [6.45, 7) is 0. The summed E-state index contributed by atoms with van der Waals surface area (Å²) in [5, 5.41) is 0. The number of hydrogen-bond acceptors (Lipinski definition) is 0. The van der Waals surface area contributed by atoms with E-state index in [1.54, 1.807) is 11.4 Å². The highest BCUT2D eigenvalue weighted by molar-refractivity contribution is 5.25. The lowest BCUT2D eigenvalue weighted by molar-refractivity contribution is 0.335. The van der Waals surface area contributed by atoms with E-state index in [1.165, 1.54) is 141 Å². The summed E-state index contributed by atoms with van der Waals surface area (Å²) in [4.78, 5) is 0. The summed E-state index contributed by atoms with van der Waals surface area (Å²) in [5.41, 5.74) is 3.52. The Morgan fingerprint density at radius 2 is 0.700 bits per heavy atom. The van der Waals surface area contributed by atoms with Crippen molar-refractivity contribution >= 4 is 0 Å². The van der Waals surface area contributed by atoms with E-state index in [4.69, 9.17) is 0 Å². The lowest BCUT2D eigenvalue weighted by Crippen LogP contribution is -2.20. The third-order valence-electron chi connectivity index (χ3n) is 8.72. The van der Waals surface area contributed by atoms with Gasteiger partial charge in [-0.2, -0.15) is 0 Å². The van der Waals surface area contributed by atoms with Crippen LogP contribution in [0.3, 0.4) is 0 Å². The van der Waals surface area contributed by atoms with Crippen molar-refractivity contribution in [2.45, 2.75) is 159 Å². The van der Waals surface area contributed by atoms with Crippen molar-refractivity contribution in [1.82, 2.24) is 4.57 Å². The van der Waals surface area contributed by atoms with Gasteiger partial charge in [0.05, 0.1) is 0 Å². The minimum Gasteiger partial charge on any atom is -0.345 e. The van der Waals surface area contributed by atoms with Gasteiger partial charge in [0.2, 0.25) is 0 Å². The first-order valence-electron chi connectivity index (χ1n) is 14.1. The molecule has 0 N–H and O–H groups in total. The first kappa shape index (κ1) is 22.5. The third-order valence-corrected chi connectivity index (χ3v) is 8.72. The van der Waals surface area contributed by atoms with Crippen molar-refractivity contribution < 1.29 is 0 Å². The summed E-state index contributed by atoms with van der Waals surface area (Å²) in [6.07, 6.45) is 32.1. The highest BCUT2D eigenvalue weighted by Crippen LogP contribution is 2.41. The Morgan fingerprint density at radius 1 is 0.400 bits per heavy atom. The van der Waals surface area contributed by atoms with Crippen molar-refractivity contribution in [3.8, 4) is 0 Å². The monoisotopic (exact) mass is 411 g/mol. The van der Waals surface area contributed by atoms with Crippen molar-refractivity contribution in [2.75, 3.05) is 0 Å². The first-order chi connectivity index (χ1) is 14.9. The molecular formula is C29H49N. The predicted octanol–water partition coefficient (Wildman–Crippen LogP) is 9.82. The quantitative estimate of drug-likeness (QED) is 0.466. The summed E-state index contributed by atoms with van der Waals surface area (Å²) < 4.78 is 3.00. The Hall–Kier alpha value is -0.720. The Kier molecular flexibility index (Phi) is 9.25. The van der Waals surface area contributed by atoms with Crippen molar-refractivity contribution in [3.05, 3.63) is 23.5 Å². The smallest absolute Gasteiger partial charge is 0.0336 e. The molecule has 1 aromatic rings. The Labute approximate surface area is 187 Å². The molecule has 1 aromatic heterocycles. The highest BCUT2D eigenvalue weighted by Gasteiger charge is 2.27. The fourth-order valence-corrected chi connectivity index (χ4v) is 6.94. The lowest BCUT2D eigenvalue weighted by Gasteiger charge is -2.32. The average molecular weight is 412 g/mol. The van der Waals surface area contributed by atoms with E-state index in [1.807, 2.05) is 0 Å². The molecule has 3 aliphatic carbocycles. The summed E-state index contributed by atoms with van der Waals surface area (Å²) >= 11 is 0. The van der Waals surface area contributed by atoms with Gasteiger partial charge in [0.1, 0.15) is 0 Å². The van der Waals surface area contributed by atoms with Crippen LogP contribution in [0.1, 0.15) is 171 Å². The van der Waals surface area contributed by atoms with E-state index in [9.17, 15) is 0 Å². The maximum atomic E-state index is 3.00. The molecule has 0 saturated heterocycles. The minimum absolute atomic E-state index is 0.795. The highest BCUT2D eigenvalue weighted by atomic mass is 15.0. The number of nitrogens with zero attached hydrogens (tertiary/aromatic N) is 1. The normalized spacial score (nSPS) is 25.3. The van der Waals surface area contributed by atoms with Crippen molar-refractivity contribution in [1.29, 1.82) is 0 Å². The SMILES string of the molecule is c1cc(C2CCCCCCC2)n(C2CCCCCCC2)c1C1CCCCCCCC1. The minimum atomic E-state index is 0.795. The van der Waals surface area contributed by atoms with Gasteiger partial charge in [-0.25, -0.2) is 0 Å². The Morgan fingerprint density at radius 3 is 1.07 bits per heavy atom. The molecule has 4 rings (SSSR count). The van der Waals surface area contributed by atoms with Crippen LogP contribution >= 0.6 is 0 Å². The molecule has 0 aromatic carbocycles. The van der Waals surface area contributed by atoms with Crippen LogP contribution in [0.5, 0.6) is 0 Å². The van der Waals surface area contributed by atoms with Gasteiger partial charge in [-0.15, -0.1) is 0 Å². The second-order valence-electron chi connectivity index (χ2n) is 11.0. The van der Waals surface area contributed by atoms with Crippen molar-refractivity contribution in [3.63, 3.8) is 0 Å². The van der Waals surface area contributed by atoms with Crippen LogP contribution < -0.4 is 0 Å². The van der Waals surface area contributed by atoms with E-state index < -0.39 is 0 Å². The molecule has 3 aliphatic rings. The topological polar surface area (TPSA) is 4.93 Å². The van der Waals surface area contributed by atoms with E-state index in [0.717, 1.165) is 17.9 Å². The molecule has 0 spiro atoms. The average Bonchev–Trinajstić information content (AvgIpc) is 3.17. The fourth-order valence-electron chi connectivity index (χ4n) is 6.94. The van der Waals surface area contributed by atoms with Gasteiger partial charge >= 0.3 is 0 Å². The van der Waals surface area contributed by atoms with Crippen LogP contribution in [-0.2, 0) is 0 Å². The van der Waals surface area contributed by atoms with Crippen LogP contribution in [0.25, 0.3) is 0 Å². The molecular weight excluding hydrogens is 362 g/mol. The number of rotatable bonds is 3. The maximum absolute atomic E-state index is 3.00. The lowest BCUT2D eigenvalue weighted by atomic mass is 9.88. The molecule has 1 heterocycles. The summed E-state index contributed by atoms with van der Waals surface area (Å²) in [5.74, 6) is 1.66. The zero-order valence-electron chi connectivity index (χ0n) is 19.9. The summed E-state index contributed by atoms with van der Waals surface area (Å²) in [7, 11) is 0. The molecule has 1 heteroatoms. The van der Waals surface area contributed by atoms with E-state index in [0.29, 0.717) is 0 Å². The first-order valence-corrected chi connectivity index (χ1v) is 14.1. The molecule has 0 amide bonds.